The molecule has 0 bridgehead atoms. The molecular weight excluding hydrogens is 526 g/mol. The number of rotatable bonds is 15. The van der Waals surface area contributed by atoms with Crippen molar-refractivity contribution in [2.75, 3.05) is 18.5 Å². The fourth-order valence-corrected chi connectivity index (χ4v) is 5.97. The maximum Gasteiger partial charge on any atom is 0.305 e. The highest BCUT2D eigenvalue weighted by molar-refractivity contribution is 6.01. The third kappa shape index (κ3) is 7.23. The number of nitrogens with zero attached hydrogens (tertiary/aromatic N) is 2. The molecule has 0 saturated carbocycles. The minimum absolute atomic E-state index is 0.100. The number of ketones is 1. The number of unbranched alkanes of at least 4 members (excludes halogenated alkanes) is 1. The third-order valence-corrected chi connectivity index (χ3v) is 8.73. The quantitative estimate of drug-likeness (QED) is 0.113. The molecular formula is C35H47N3O4. The Labute approximate surface area is 251 Å². The highest BCUT2D eigenvalue weighted by atomic mass is 16.5. The van der Waals surface area contributed by atoms with Crippen molar-refractivity contribution >= 4 is 17.6 Å². The van der Waals surface area contributed by atoms with E-state index in [0.717, 1.165) is 49.2 Å². The van der Waals surface area contributed by atoms with Gasteiger partial charge in [-0.15, -0.1) is 0 Å². The number of esters is 1. The molecule has 226 valence electrons. The molecule has 0 saturated heterocycles. The number of nitrogens with one attached hydrogen (secondary N) is 1. The Kier molecular flexibility index (Phi) is 10.5. The van der Waals surface area contributed by atoms with Crippen molar-refractivity contribution in [2.45, 2.75) is 103 Å². The van der Waals surface area contributed by atoms with Crippen molar-refractivity contribution in [1.29, 1.82) is 0 Å². The fraction of sp³-hybridized carbons (Fsp3) is 0.514. The molecule has 0 radical (unpaired) electrons. The number of hydrogen-bond acceptors (Lipinski definition) is 6. The van der Waals surface area contributed by atoms with Crippen LogP contribution in [0.2, 0.25) is 0 Å². The first-order valence-corrected chi connectivity index (χ1v) is 15.5. The number of hydrogen-bond donors (Lipinski definition) is 1. The van der Waals surface area contributed by atoms with Crippen molar-refractivity contribution in [3.05, 3.63) is 77.5 Å². The second-order valence-electron chi connectivity index (χ2n) is 12.1. The molecule has 0 spiro atoms. The molecule has 7 heteroatoms. The smallest absolute Gasteiger partial charge is 0.305 e. The summed E-state index contributed by atoms with van der Waals surface area (Å²) in [4.78, 5) is 25.8. The summed E-state index contributed by atoms with van der Waals surface area (Å²) in [6.07, 6.45) is 7.57. The van der Waals surface area contributed by atoms with Crippen LogP contribution in [0.4, 0.5) is 5.82 Å². The fourth-order valence-electron chi connectivity index (χ4n) is 5.97. The Balaban J connectivity index is 1.43. The van der Waals surface area contributed by atoms with Gasteiger partial charge in [-0.05, 0) is 69.2 Å². The average molecular weight is 574 g/mol. The van der Waals surface area contributed by atoms with Gasteiger partial charge in [0.25, 0.3) is 0 Å². The van der Waals surface area contributed by atoms with Crippen LogP contribution in [0.25, 0.3) is 0 Å². The summed E-state index contributed by atoms with van der Waals surface area (Å²) in [5.41, 5.74) is 2.47. The number of Topliss-reactive ketones (excluding diaryl/α,β-unsaturated/α-hetero) is 1. The van der Waals surface area contributed by atoms with Crippen LogP contribution in [0, 0.1) is 0 Å². The zero-order valence-electron chi connectivity index (χ0n) is 25.9. The van der Waals surface area contributed by atoms with Gasteiger partial charge in [0.1, 0.15) is 11.6 Å². The topological polar surface area (TPSA) is 82.5 Å². The summed E-state index contributed by atoms with van der Waals surface area (Å²) < 4.78 is 13.1. The molecule has 1 aliphatic heterocycles. The van der Waals surface area contributed by atoms with Crippen LogP contribution in [0.5, 0.6) is 5.75 Å². The van der Waals surface area contributed by atoms with Gasteiger partial charge < -0.3 is 14.8 Å². The van der Waals surface area contributed by atoms with Crippen LogP contribution in [0.15, 0.2) is 60.8 Å². The van der Waals surface area contributed by atoms with Crippen molar-refractivity contribution in [2.24, 2.45) is 0 Å². The first-order chi connectivity index (χ1) is 20.2. The number of anilines is 1. The van der Waals surface area contributed by atoms with E-state index in [2.05, 4.69) is 81.4 Å². The summed E-state index contributed by atoms with van der Waals surface area (Å²) >= 11 is 0. The lowest BCUT2D eigenvalue weighted by Gasteiger charge is -2.38. The molecule has 1 unspecified atom stereocenters. The van der Waals surface area contributed by atoms with Crippen LogP contribution >= 0.6 is 0 Å². The summed E-state index contributed by atoms with van der Waals surface area (Å²) in [6.45, 7) is 11.7. The van der Waals surface area contributed by atoms with Gasteiger partial charge in [-0.1, -0.05) is 69.7 Å². The minimum atomic E-state index is -0.296. The van der Waals surface area contributed by atoms with E-state index in [9.17, 15) is 9.59 Å². The van der Waals surface area contributed by atoms with E-state index in [1.54, 1.807) is 6.20 Å². The van der Waals surface area contributed by atoms with E-state index in [1.165, 1.54) is 5.56 Å². The van der Waals surface area contributed by atoms with E-state index in [4.69, 9.17) is 9.47 Å². The predicted octanol–water partition coefficient (Wildman–Crippen LogP) is 8.01. The largest absolute Gasteiger partial charge is 0.494 e. The first kappa shape index (κ1) is 31.3. The molecule has 0 aliphatic carbocycles. The number of carbonyl (C=O) groups excluding carboxylic acids is 2. The van der Waals surface area contributed by atoms with Gasteiger partial charge >= 0.3 is 5.97 Å². The number of benzene rings is 2. The number of fused-ring (bicyclic) bond motifs is 1. The van der Waals surface area contributed by atoms with Crippen LogP contribution in [0.3, 0.4) is 0 Å². The summed E-state index contributed by atoms with van der Waals surface area (Å²) in [7, 11) is 0. The van der Waals surface area contributed by atoms with Gasteiger partial charge in [-0.25, -0.2) is 4.68 Å². The summed E-state index contributed by atoms with van der Waals surface area (Å²) in [5.74, 6) is 1.50. The maximum atomic E-state index is 14.0. The van der Waals surface area contributed by atoms with E-state index in [0.29, 0.717) is 38.0 Å². The predicted molar refractivity (Wildman–Crippen MR) is 167 cm³/mol. The lowest BCUT2D eigenvalue weighted by molar-refractivity contribution is -0.144. The lowest BCUT2D eigenvalue weighted by atomic mass is 9.71. The van der Waals surface area contributed by atoms with Crippen molar-refractivity contribution in [3.8, 4) is 5.75 Å². The molecule has 1 aromatic heterocycles. The first-order valence-electron chi connectivity index (χ1n) is 15.5. The third-order valence-electron chi connectivity index (χ3n) is 8.73. The molecule has 4 rings (SSSR count). The normalized spacial score (nSPS) is 15.9. The Morgan fingerprint density at radius 3 is 2.38 bits per heavy atom. The lowest BCUT2D eigenvalue weighted by Crippen LogP contribution is -2.38. The molecule has 42 heavy (non-hydrogen) atoms. The molecule has 0 amide bonds. The number of ether oxygens (including phenoxy) is 2. The van der Waals surface area contributed by atoms with Gasteiger partial charge in [0.2, 0.25) is 0 Å². The molecule has 7 nitrogen and oxygen atoms in total. The maximum absolute atomic E-state index is 14.0. The Morgan fingerprint density at radius 1 is 1.00 bits per heavy atom. The Bertz CT molecular complexity index is 1310. The molecule has 1 N–H and O–H groups in total. The summed E-state index contributed by atoms with van der Waals surface area (Å²) in [5, 5.41) is 8.32. The van der Waals surface area contributed by atoms with Crippen molar-refractivity contribution in [1.82, 2.24) is 9.78 Å². The van der Waals surface area contributed by atoms with Crippen molar-refractivity contribution in [3.63, 3.8) is 0 Å². The van der Waals surface area contributed by atoms with E-state index in [-0.39, 0.29) is 28.7 Å². The van der Waals surface area contributed by atoms with Gasteiger partial charge in [-0.3, -0.25) is 9.59 Å². The second kappa shape index (κ2) is 14.0. The van der Waals surface area contributed by atoms with Crippen molar-refractivity contribution < 1.29 is 19.1 Å². The van der Waals surface area contributed by atoms with Crippen LogP contribution in [0.1, 0.15) is 114 Å². The number of carbonyl (C=O) groups is 2. The van der Waals surface area contributed by atoms with Crippen LogP contribution < -0.4 is 10.1 Å². The van der Waals surface area contributed by atoms with E-state index < -0.39 is 0 Å². The zero-order chi connectivity index (χ0) is 30.2. The SMILES string of the molecule is CCCCOC(=O)CCCOc1ccc(C(CC)(CC)CC(=O)c2cnn3c2NC(c2ccccc2)CC3(C)C)cc1. The molecule has 1 atom stereocenters. The Hall–Kier alpha value is -3.61. The molecule has 1 aliphatic rings. The standard InChI is InChI=1S/C35H47N3O4/c1-6-9-21-42-32(40)16-13-22-41-28-19-17-27(18-20-28)35(7-2,8-3)24-31(39)29-25-36-38-33(29)37-30(23-34(38,4)5)26-14-11-10-12-15-26/h10-12,14-15,17-20,25,30,37H,6-9,13,16,21-24H2,1-5H3. The average Bonchev–Trinajstić information content (AvgIpc) is 3.44. The minimum Gasteiger partial charge on any atom is -0.494 e. The van der Waals surface area contributed by atoms with Crippen LogP contribution in [-0.4, -0.2) is 34.7 Å². The number of aromatic nitrogens is 2. The van der Waals surface area contributed by atoms with Gasteiger partial charge in [-0.2, -0.15) is 5.10 Å². The molecule has 0 fully saturated rings. The molecule has 2 aromatic carbocycles. The monoisotopic (exact) mass is 573 g/mol. The van der Waals surface area contributed by atoms with Crippen LogP contribution in [-0.2, 0) is 20.5 Å². The van der Waals surface area contributed by atoms with Gasteiger partial charge in [0.15, 0.2) is 5.78 Å². The summed E-state index contributed by atoms with van der Waals surface area (Å²) in [6, 6.07) is 18.6. The highest BCUT2D eigenvalue weighted by Gasteiger charge is 2.38. The highest BCUT2D eigenvalue weighted by Crippen LogP contribution is 2.42. The molecule has 3 aromatic rings. The van der Waals surface area contributed by atoms with Gasteiger partial charge in [0.05, 0.1) is 36.6 Å². The van der Waals surface area contributed by atoms with Gasteiger partial charge in [0, 0.05) is 18.3 Å². The van der Waals surface area contributed by atoms with E-state index >= 15 is 0 Å². The second-order valence-corrected chi connectivity index (χ2v) is 12.1. The Morgan fingerprint density at radius 2 is 1.71 bits per heavy atom. The van der Waals surface area contributed by atoms with E-state index in [1.807, 2.05) is 22.9 Å². The molecule has 2 heterocycles. The zero-order valence-corrected chi connectivity index (χ0v) is 25.9.